The van der Waals surface area contributed by atoms with Crippen molar-refractivity contribution in [3.8, 4) is 0 Å². The first-order valence-corrected chi connectivity index (χ1v) is 6.90. The molecule has 0 radical (unpaired) electrons. The Morgan fingerprint density at radius 3 is 2.40 bits per heavy atom. The van der Waals surface area contributed by atoms with Crippen LogP contribution < -0.4 is 4.90 Å². The Hall–Kier alpha value is -2.47. The first kappa shape index (κ1) is 11.4. The van der Waals surface area contributed by atoms with Gasteiger partial charge >= 0.3 is 0 Å². The van der Waals surface area contributed by atoms with E-state index in [9.17, 15) is 9.59 Å². The van der Waals surface area contributed by atoms with Crippen LogP contribution in [0.4, 0.5) is 5.95 Å². The highest BCUT2D eigenvalue weighted by Crippen LogP contribution is 2.30. The lowest BCUT2D eigenvalue weighted by Crippen LogP contribution is -2.31. The van der Waals surface area contributed by atoms with Crippen molar-refractivity contribution in [3.63, 3.8) is 0 Å². The summed E-state index contributed by atoms with van der Waals surface area (Å²) in [6.45, 7) is 1.98. The summed E-state index contributed by atoms with van der Waals surface area (Å²) >= 11 is 1.57. The lowest BCUT2D eigenvalue weighted by Gasteiger charge is -2.10. The number of rotatable bonds is 1. The van der Waals surface area contributed by atoms with Crippen molar-refractivity contribution in [1.82, 2.24) is 9.38 Å². The molecule has 0 aliphatic carbocycles. The fourth-order valence-electron chi connectivity index (χ4n) is 2.44. The summed E-state index contributed by atoms with van der Waals surface area (Å²) in [5.41, 5.74) is 0.863. The number of nitrogens with zero attached hydrogens (tertiary/aromatic N) is 3. The van der Waals surface area contributed by atoms with E-state index in [2.05, 4.69) is 4.98 Å². The summed E-state index contributed by atoms with van der Waals surface area (Å²) in [6, 6.07) is 6.84. The summed E-state index contributed by atoms with van der Waals surface area (Å²) in [7, 11) is 0. The molecule has 3 heterocycles. The van der Waals surface area contributed by atoms with Gasteiger partial charge in [0.2, 0.25) is 5.95 Å². The largest absolute Gasteiger partial charge is 0.275 e. The average Bonchev–Trinajstić information content (AvgIpc) is 3.05. The van der Waals surface area contributed by atoms with E-state index in [-0.39, 0.29) is 11.8 Å². The summed E-state index contributed by atoms with van der Waals surface area (Å²) < 4.78 is 1.78. The third kappa shape index (κ3) is 1.34. The monoisotopic (exact) mass is 283 g/mol. The Labute approximate surface area is 118 Å². The SMILES string of the molecule is Cc1cn2c(N3C(=O)c4ccccc4C3=O)ncc2s1. The van der Waals surface area contributed by atoms with E-state index in [0.29, 0.717) is 17.1 Å². The third-order valence-corrected chi connectivity index (χ3v) is 4.25. The van der Waals surface area contributed by atoms with Crippen LogP contribution in [-0.4, -0.2) is 21.2 Å². The third-order valence-electron chi connectivity index (χ3n) is 3.31. The van der Waals surface area contributed by atoms with Gasteiger partial charge in [0.25, 0.3) is 11.8 Å². The predicted octanol–water partition coefficient (Wildman–Crippen LogP) is 2.50. The quantitative estimate of drug-likeness (QED) is 0.645. The topological polar surface area (TPSA) is 54.7 Å². The normalized spacial score (nSPS) is 14.3. The van der Waals surface area contributed by atoms with Gasteiger partial charge < -0.3 is 0 Å². The summed E-state index contributed by atoms with van der Waals surface area (Å²) in [4.78, 5) is 32.2. The molecule has 1 aliphatic heterocycles. The smallest absolute Gasteiger partial charge is 0.268 e. The molecule has 4 rings (SSSR count). The van der Waals surface area contributed by atoms with E-state index in [1.54, 1.807) is 46.2 Å². The van der Waals surface area contributed by atoms with Crippen LogP contribution in [0.25, 0.3) is 4.83 Å². The van der Waals surface area contributed by atoms with Crippen LogP contribution in [0.1, 0.15) is 25.6 Å². The van der Waals surface area contributed by atoms with Crippen LogP contribution in [-0.2, 0) is 0 Å². The number of imide groups is 1. The molecule has 0 saturated heterocycles. The minimum atomic E-state index is -0.318. The molecule has 98 valence electrons. The van der Waals surface area contributed by atoms with Crippen LogP contribution in [0.15, 0.2) is 36.7 Å². The first-order valence-electron chi connectivity index (χ1n) is 6.08. The summed E-state index contributed by atoms with van der Waals surface area (Å²) in [5, 5.41) is 0. The van der Waals surface area contributed by atoms with Crippen LogP contribution in [0, 0.1) is 6.92 Å². The zero-order valence-electron chi connectivity index (χ0n) is 10.5. The number of amides is 2. The number of hydrogen-bond acceptors (Lipinski definition) is 4. The number of benzene rings is 1. The Morgan fingerprint density at radius 2 is 1.75 bits per heavy atom. The van der Waals surface area contributed by atoms with E-state index in [0.717, 1.165) is 14.6 Å². The average molecular weight is 283 g/mol. The maximum absolute atomic E-state index is 12.4. The van der Waals surface area contributed by atoms with E-state index < -0.39 is 0 Å². The molecular formula is C14H9N3O2S. The molecule has 0 spiro atoms. The number of thiazole rings is 1. The number of anilines is 1. The maximum Gasteiger partial charge on any atom is 0.268 e. The fourth-order valence-corrected chi connectivity index (χ4v) is 3.27. The Kier molecular flexibility index (Phi) is 2.14. The molecule has 1 aromatic carbocycles. The van der Waals surface area contributed by atoms with E-state index in [4.69, 9.17) is 0 Å². The highest BCUT2D eigenvalue weighted by Gasteiger charge is 2.38. The van der Waals surface area contributed by atoms with Crippen LogP contribution in [0.5, 0.6) is 0 Å². The van der Waals surface area contributed by atoms with Gasteiger partial charge in [-0.2, -0.15) is 0 Å². The molecule has 0 unspecified atom stereocenters. The van der Waals surface area contributed by atoms with E-state index >= 15 is 0 Å². The Morgan fingerprint density at radius 1 is 1.10 bits per heavy atom. The van der Waals surface area contributed by atoms with Crippen molar-refractivity contribution in [2.24, 2.45) is 0 Å². The van der Waals surface area contributed by atoms with Crippen molar-refractivity contribution in [1.29, 1.82) is 0 Å². The summed E-state index contributed by atoms with van der Waals surface area (Å²) in [6.07, 6.45) is 3.56. The second-order valence-electron chi connectivity index (χ2n) is 4.60. The number of aryl methyl sites for hydroxylation is 1. The second kappa shape index (κ2) is 3.77. The van der Waals surface area contributed by atoms with Gasteiger partial charge in [0.1, 0.15) is 4.83 Å². The van der Waals surface area contributed by atoms with Crippen molar-refractivity contribution < 1.29 is 9.59 Å². The van der Waals surface area contributed by atoms with Crippen LogP contribution in [0.3, 0.4) is 0 Å². The van der Waals surface area contributed by atoms with Gasteiger partial charge in [0.05, 0.1) is 17.3 Å². The van der Waals surface area contributed by atoms with Crippen molar-refractivity contribution in [2.45, 2.75) is 6.92 Å². The molecule has 20 heavy (non-hydrogen) atoms. The molecule has 3 aromatic rings. The van der Waals surface area contributed by atoms with E-state index in [1.165, 1.54) is 0 Å². The zero-order valence-corrected chi connectivity index (χ0v) is 11.3. The van der Waals surface area contributed by atoms with E-state index in [1.807, 2.05) is 13.1 Å². The Balaban J connectivity index is 1.92. The van der Waals surface area contributed by atoms with Gasteiger partial charge in [-0.3, -0.25) is 14.0 Å². The van der Waals surface area contributed by atoms with Gasteiger partial charge in [-0.1, -0.05) is 12.1 Å². The number of carbonyl (C=O) groups is 2. The van der Waals surface area contributed by atoms with Gasteiger partial charge in [-0.15, -0.1) is 11.3 Å². The molecule has 0 N–H and O–H groups in total. The standard InChI is InChI=1S/C14H9N3O2S/c1-8-7-16-11(20-8)6-15-14(16)17-12(18)9-4-2-3-5-10(9)13(17)19/h2-7H,1H3. The molecule has 6 heteroatoms. The molecule has 2 amide bonds. The number of imidazole rings is 1. The molecular weight excluding hydrogens is 274 g/mol. The number of fused-ring (bicyclic) bond motifs is 2. The van der Waals surface area contributed by atoms with Gasteiger partial charge in [-0.25, -0.2) is 9.88 Å². The van der Waals surface area contributed by atoms with Crippen molar-refractivity contribution in [3.05, 3.63) is 52.7 Å². The predicted molar refractivity (Wildman–Crippen MR) is 75.4 cm³/mol. The molecule has 5 nitrogen and oxygen atoms in total. The minimum Gasteiger partial charge on any atom is -0.275 e. The fraction of sp³-hybridized carbons (Fsp3) is 0.0714. The van der Waals surface area contributed by atoms with Crippen LogP contribution >= 0.6 is 11.3 Å². The summed E-state index contributed by atoms with van der Waals surface area (Å²) in [5.74, 6) is -0.278. The highest BCUT2D eigenvalue weighted by atomic mass is 32.1. The molecule has 0 saturated carbocycles. The molecule has 1 aliphatic rings. The van der Waals surface area contributed by atoms with Gasteiger partial charge in [0, 0.05) is 11.1 Å². The molecule has 0 bridgehead atoms. The molecule has 0 fully saturated rings. The lowest BCUT2D eigenvalue weighted by molar-refractivity contribution is 0.0923. The van der Waals surface area contributed by atoms with Gasteiger partial charge in [-0.05, 0) is 19.1 Å². The number of hydrogen-bond donors (Lipinski definition) is 0. The maximum atomic E-state index is 12.4. The Bertz CT molecular complexity index is 843. The second-order valence-corrected chi connectivity index (χ2v) is 5.87. The van der Waals surface area contributed by atoms with Crippen LogP contribution in [0.2, 0.25) is 0 Å². The molecule has 0 atom stereocenters. The lowest BCUT2D eigenvalue weighted by atomic mass is 10.1. The molecule has 2 aromatic heterocycles. The highest BCUT2D eigenvalue weighted by molar-refractivity contribution is 7.17. The number of carbonyl (C=O) groups excluding carboxylic acids is 2. The zero-order chi connectivity index (χ0) is 13.9. The number of aromatic nitrogens is 2. The van der Waals surface area contributed by atoms with Gasteiger partial charge in [0.15, 0.2) is 0 Å². The minimum absolute atomic E-state index is 0.318. The first-order chi connectivity index (χ1) is 9.66. The van der Waals surface area contributed by atoms with Crippen molar-refractivity contribution >= 4 is 33.9 Å². The van der Waals surface area contributed by atoms with Crippen molar-refractivity contribution in [2.75, 3.05) is 4.90 Å².